The van der Waals surface area contributed by atoms with Crippen LogP contribution in [0.3, 0.4) is 0 Å². The van der Waals surface area contributed by atoms with Gasteiger partial charge in [-0.25, -0.2) is 4.79 Å². The summed E-state index contributed by atoms with van der Waals surface area (Å²) < 4.78 is 35.6. The third-order valence-corrected chi connectivity index (χ3v) is 1.17. The predicted molar refractivity (Wildman–Crippen MR) is 43.9 cm³/mol. The Morgan fingerprint density at radius 1 is 1.57 bits per heavy atom. The van der Waals surface area contributed by atoms with Crippen LogP contribution < -0.4 is 5.73 Å². The number of carboxylic acid groups (broad SMARTS) is 1. The number of carboxylic acids is 1. The van der Waals surface area contributed by atoms with Gasteiger partial charge in [0.05, 0.1) is 0 Å². The first-order valence-electron chi connectivity index (χ1n) is 3.61. The van der Waals surface area contributed by atoms with Crippen molar-refractivity contribution < 1.29 is 23.1 Å². The van der Waals surface area contributed by atoms with Gasteiger partial charge in [-0.2, -0.15) is 13.2 Å². The molecule has 7 heteroatoms. The monoisotopic (exact) mass is 210 g/mol. The quantitative estimate of drug-likeness (QED) is 0.680. The molecule has 0 rings (SSSR count). The summed E-state index contributed by atoms with van der Waals surface area (Å²) in [6, 6.07) is 0. The number of rotatable bonds is 3. The van der Waals surface area contributed by atoms with E-state index in [4.69, 9.17) is 5.11 Å². The Labute approximate surface area is 77.9 Å². The van der Waals surface area contributed by atoms with Crippen LogP contribution in [-0.2, 0) is 4.79 Å². The molecular weight excluding hydrogens is 201 g/mol. The van der Waals surface area contributed by atoms with Crippen molar-refractivity contribution in [2.75, 3.05) is 6.54 Å². The lowest BCUT2D eigenvalue weighted by molar-refractivity contribution is -0.129. The number of allylic oxidation sites excluding steroid dienone is 1. The summed E-state index contributed by atoms with van der Waals surface area (Å²) in [5.74, 6) is -1.54. The van der Waals surface area contributed by atoms with Crippen molar-refractivity contribution in [2.45, 2.75) is 13.1 Å². The second-order valence-corrected chi connectivity index (χ2v) is 2.26. The molecule has 0 aliphatic heterocycles. The van der Waals surface area contributed by atoms with Crippen LogP contribution in [0, 0.1) is 0 Å². The van der Waals surface area contributed by atoms with Crippen molar-refractivity contribution in [3.8, 4) is 0 Å². The molecule has 0 saturated carbocycles. The first kappa shape index (κ1) is 12.5. The smallest absolute Gasteiger partial charge is 0.430 e. The van der Waals surface area contributed by atoms with E-state index in [0.717, 1.165) is 0 Å². The van der Waals surface area contributed by atoms with E-state index >= 15 is 0 Å². The molecule has 4 nitrogen and oxygen atoms in total. The number of hydrogen-bond acceptors (Lipinski definition) is 3. The molecule has 0 bridgehead atoms. The lowest BCUT2D eigenvalue weighted by Gasteiger charge is -2.05. The number of carbonyl (C=O) groups is 1. The van der Waals surface area contributed by atoms with Gasteiger partial charge in [-0.15, -0.1) is 0 Å². The molecule has 0 unspecified atom stereocenters. The molecule has 0 heterocycles. The Balaban J connectivity index is 4.93. The topological polar surface area (TPSA) is 75.7 Å². The average molecular weight is 210 g/mol. The molecule has 0 atom stereocenters. The van der Waals surface area contributed by atoms with Gasteiger partial charge in [0.1, 0.15) is 11.4 Å². The van der Waals surface area contributed by atoms with E-state index in [9.17, 15) is 18.0 Å². The van der Waals surface area contributed by atoms with Gasteiger partial charge in [0.15, 0.2) is 0 Å². The van der Waals surface area contributed by atoms with Gasteiger partial charge in [0.2, 0.25) is 0 Å². The fraction of sp³-hybridized carbons (Fsp3) is 0.429. The van der Waals surface area contributed by atoms with Crippen LogP contribution in [0.25, 0.3) is 0 Å². The highest BCUT2D eigenvalue weighted by molar-refractivity contribution is 6.40. The maximum Gasteiger partial charge on any atom is 0.430 e. The molecule has 0 aromatic rings. The van der Waals surface area contributed by atoms with Crippen LogP contribution in [0.4, 0.5) is 13.2 Å². The van der Waals surface area contributed by atoms with Crippen molar-refractivity contribution in [2.24, 2.45) is 10.7 Å². The number of nitrogens with two attached hydrogens (primary N) is 1. The molecule has 80 valence electrons. The van der Waals surface area contributed by atoms with Crippen molar-refractivity contribution in [3.63, 3.8) is 0 Å². The first-order valence-corrected chi connectivity index (χ1v) is 3.61. The molecule has 0 aromatic heterocycles. The fourth-order valence-corrected chi connectivity index (χ4v) is 0.574. The van der Waals surface area contributed by atoms with Crippen LogP contribution in [0.15, 0.2) is 16.8 Å². The zero-order chi connectivity index (χ0) is 11.4. The third kappa shape index (κ3) is 3.92. The van der Waals surface area contributed by atoms with E-state index in [1.165, 1.54) is 6.92 Å². The SMILES string of the molecule is CCN=C(C=C(N)C(F)(F)F)C(=O)O. The Morgan fingerprint density at radius 3 is 2.36 bits per heavy atom. The highest BCUT2D eigenvalue weighted by Crippen LogP contribution is 2.21. The first-order chi connectivity index (χ1) is 6.29. The Bertz CT molecular complexity index is 281. The summed E-state index contributed by atoms with van der Waals surface area (Å²) in [4.78, 5) is 13.7. The molecule has 3 N–H and O–H groups in total. The Hall–Kier alpha value is -1.53. The van der Waals surface area contributed by atoms with Crippen LogP contribution in [0.1, 0.15) is 6.92 Å². The van der Waals surface area contributed by atoms with Gasteiger partial charge in [-0.1, -0.05) is 0 Å². The van der Waals surface area contributed by atoms with Gasteiger partial charge in [-0.05, 0) is 13.0 Å². The van der Waals surface area contributed by atoms with Crippen molar-refractivity contribution >= 4 is 11.7 Å². The number of alkyl halides is 3. The van der Waals surface area contributed by atoms with E-state index in [1.54, 1.807) is 0 Å². The van der Waals surface area contributed by atoms with E-state index in [-0.39, 0.29) is 6.54 Å². The number of aliphatic imine (C=N–C) groups is 1. The normalized spacial score (nSPS) is 14.3. The minimum atomic E-state index is -4.73. The van der Waals surface area contributed by atoms with E-state index in [0.29, 0.717) is 6.08 Å². The van der Waals surface area contributed by atoms with Gasteiger partial charge in [0.25, 0.3) is 0 Å². The predicted octanol–water partition coefficient (Wildman–Crippen LogP) is 0.937. The summed E-state index contributed by atoms with van der Waals surface area (Å²) in [7, 11) is 0. The summed E-state index contributed by atoms with van der Waals surface area (Å²) >= 11 is 0. The minimum absolute atomic E-state index is 0.0727. The summed E-state index contributed by atoms with van der Waals surface area (Å²) in [5.41, 5.74) is 2.43. The molecule has 0 aromatic carbocycles. The van der Waals surface area contributed by atoms with Crippen LogP contribution in [-0.4, -0.2) is 29.5 Å². The molecule has 0 aliphatic carbocycles. The average Bonchev–Trinajstić information content (AvgIpc) is 2.01. The maximum absolute atomic E-state index is 11.9. The van der Waals surface area contributed by atoms with Crippen molar-refractivity contribution in [3.05, 3.63) is 11.8 Å². The standard InChI is InChI=1S/C7H9F3N2O2/c1-2-12-4(6(13)14)3-5(11)7(8,9)10/h3H,2,11H2,1H3,(H,13,14). The Morgan fingerprint density at radius 2 is 2.07 bits per heavy atom. The van der Waals surface area contributed by atoms with Gasteiger partial charge in [0, 0.05) is 6.54 Å². The van der Waals surface area contributed by atoms with E-state index < -0.39 is 23.6 Å². The molecule has 0 radical (unpaired) electrons. The van der Waals surface area contributed by atoms with Crippen LogP contribution >= 0.6 is 0 Å². The number of aliphatic carboxylic acids is 1. The minimum Gasteiger partial charge on any atom is -0.477 e. The zero-order valence-corrected chi connectivity index (χ0v) is 7.30. The van der Waals surface area contributed by atoms with Crippen LogP contribution in [0.2, 0.25) is 0 Å². The van der Waals surface area contributed by atoms with Crippen LogP contribution in [0.5, 0.6) is 0 Å². The molecule has 0 spiro atoms. The zero-order valence-electron chi connectivity index (χ0n) is 7.30. The third-order valence-electron chi connectivity index (χ3n) is 1.17. The summed E-state index contributed by atoms with van der Waals surface area (Å²) in [6.45, 7) is 1.57. The lowest BCUT2D eigenvalue weighted by atomic mass is 10.3. The molecule has 0 amide bonds. The number of hydrogen-bond donors (Lipinski definition) is 2. The Kier molecular flexibility index (Phi) is 4.13. The number of halogens is 3. The molecular formula is C7H9F3N2O2. The van der Waals surface area contributed by atoms with Gasteiger partial charge < -0.3 is 10.8 Å². The molecule has 0 fully saturated rings. The van der Waals surface area contributed by atoms with E-state index in [1.807, 2.05) is 0 Å². The second kappa shape index (κ2) is 4.64. The van der Waals surface area contributed by atoms with Gasteiger partial charge >= 0.3 is 12.1 Å². The van der Waals surface area contributed by atoms with E-state index in [2.05, 4.69) is 10.7 Å². The summed E-state index contributed by atoms with van der Waals surface area (Å²) in [5, 5.41) is 8.42. The molecule has 14 heavy (non-hydrogen) atoms. The van der Waals surface area contributed by atoms with Gasteiger partial charge in [-0.3, -0.25) is 4.99 Å². The lowest BCUT2D eigenvalue weighted by Crippen LogP contribution is -2.23. The highest BCUT2D eigenvalue weighted by atomic mass is 19.4. The molecule has 0 aliphatic rings. The summed E-state index contributed by atoms with van der Waals surface area (Å²) in [6.07, 6.45) is -4.43. The highest BCUT2D eigenvalue weighted by Gasteiger charge is 2.32. The molecule has 0 saturated heterocycles. The van der Waals surface area contributed by atoms with Crippen molar-refractivity contribution in [1.29, 1.82) is 0 Å². The maximum atomic E-state index is 11.9. The largest absolute Gasteiger partial charge is 0.477 e. The van der Waals surface area contributed by atoms with Crippen molar-refractivity contribution in [1.82, 2.24) is 0 Å². The number of nitrogens with zero attached hydrogens (tertiary/aromatic N) is 1. The fourth-order valence-electron chi connectivity index (χ4n) is 0.574. The second-order valence-electron chi connectivity index (χ2n) is 2.26.